The number of carbonyl (C=O) groups excluding carboxylic acids is 1. The van der Waals surface area contributed by atoms with Gasteiger partial charge in [-0.2, -0.15) is 0 Å². The van der Waals surface area contributed by atoms with Gasteiger partial charge in [-0.1, -0.05) is 100 Å². The molecule has 0 saturated carbocycles. The van der Waals surface area contributed by atoms with Crippen LogP contribution >= 0.6 is 22.6 Å². The lowest BCUT2D eigenvalue weighted by molar-refractivity contribution is -0.164. The average Bonchev–Trinajstić information content (AvgIpc) is 3.30. The number of aliphatic imine (C=N–C) groups is 1. The van der Waals surface area contributed by atoms with Gasteiger partial charge in [-0.15, -0.1) is 0 Å². The highest BCUT2D eigenvalue weighted by molar-refractivity contribution is 14.1. The summed E-state index contributed by atoms with van der Waals surface area (Å²) in [7, 11) is 1.85. The summed E-state index contributed by atoms with van der Waals surface area (Å²) in [5, 5.41) is 32.4. The Morgan fingerprint density at radius 2 is 1.78 bits per heavy atom. The molecule has 0 radical (unpaired) electrons. The van der Waals surface area contributed by atoms with Gasteiger partial charge in [-0.3, -0.25) is 9.79 Å². The molecule has 1 saturated heterocycles. The van der Waals surface area contributed by atoms with Crippen LogP contribution in [0.15, 0.2) is 95.7 Å². The van der Waals surface area contributed by atoms with Crippen molar-refractivity contribution in [3.63, 3.8) is 0 Å². The molecule has 270 valence electrons. The molecule has 0 aliphatic carbocycles. The molecular formula is C41H54IN3O5. The fraction of sp³-hybridized carbons (Fsp3) is 0.463. The minimum atomic E-state index is -1.24. The number of halogens is 1. The lowest BCUT2D eigenvalue weighted by atomic mass is 9.79. The third kappa shape index (κ3) is 9.41. The third-order valence-corrected chi connectivity index (χ3v) is 10.8. The highest BCUT2D eigenvalue weighted by atomic mass is 127. The minimum Gasteiger partial charge on any atom is -0.394 e. The first kappa shape index (κ1) is 39.7. The van der Waals surface area contributed by atoms with Crippen LogP contribution in [0.5, 0.6) is 0 Å². The quantitative estimate of drug-likeness (QED) is 0.0757. The Kier molecular flexibility index (Phi) is 14.2. The number of fused-ring (bicyclic) bond motifs is 1. The van der Waals surface area contributed by atoms with Crippen molar-refractivity contribution in [1.29, 1.82) is 0 Å². The van der Waals surface area contributed by atoms with Crippen LogP contribution in [0.25, 0.3) is 0 Å². The maximum Gasteiger partial charge on any atom is 0.220 e. The summed E-state index contributed by atoms with van der Waals surface area (Å²) in [6.07, 6.45) is 14.1. The zero-order valence-electron chi connectivity index (χ0n) is 30.3. The smallest absolute Gasteiger partial charge is 0.220 e. The molecule has 9 heteroatoms. The SMILES string of the molecule is C\N=C(/C=C/C=C/C=C/C=C1/N(CCCCCC(=O)N[C@H]2CO[C@H](CO)[C@@H](O)[C@@H]2O)c2ccccc2C1(C)C)C(C)(C)c1cc(C)ccc1I. The molecule has 2 aromatic rings. The number of carbonyl (C=O) groups is 1. The Morgan fingerprint density at radius 3 is 2.52 bits per heavy atom. The molecule has 8 nitrogen and oxygen atoms in total. The van der Waals surface area contributed by atoms with Gasteiger partial charge in [0.1, 0.15) is 18.3 Å². The van der Waals surface area contributed by atoms with E-state index in [4.69, 9.17) is 4.74 Å². The van der Waals surface area contributed by atoms with Crippen LogP contribution < -0.4 is 10.2 Å². The predicted molar refractivity (Wildman–Crippen MR) is 212 cm³/mol. The predicted octanol–water partition coefficient (Wildman–Crippen LogP) is 6.46. The minimum absolute atomic E-state index is 0.0520. The van der Waals surface area contributed by atoms with Gasteiger partial charge in [0.25, 0.3) is 0 Å². The van der Waals surface area contributed by atoms with Crippen molar-refractivity contribution < 1.29 is 24.9 Å². The second-order valence-corrected chi connectivity index (χ2v) is 15.4. The van der Waals surface area contributed by atoms with Gasteiger partial charge in [0, 0.05) is 51.5 Å². The molecule has 0 bridgehead atoms. The molecule has 4 N–H and O–H groups in total. The highest BCUT2D eigenvalue weighted by Crippen LogP contribution is 2.47. The zero-order valence-corrected chi connectivity index (χ0v) is 32.4. The number of anilines is 1. The van der Waals surface area contributed by atoms with Crippen molar-refractivity contribution >= 4 is 39.9 Å². The maximum atomic E-state index is 12.6. The summed E-state index contributed by atoms with van der Waals surface area (Å²) >= 11 is 2.41. The van der Waals surface area contributed by atoms with Gasteiger partial charge in [-0.25, -0.2) is 0 Å². The van der Waals surface area contributed by atoms with E-state index < -0.39 is 24.4 Å². The number of aryl methyl sites for hydroxylation is 1. The van der Waals surface area contributed by atoms with E-state index in [0.717, 1.165) is 25.1 Å². The van der Waals surface area contributed by atoms with E-state index in [0.29, 0.717) is 12.8 Å². The molecule has 50 heavy (non-hydrogen) atoms. The molecule has 4 atom stereocenters. The number of allylic oxidation sites excluding steroid dienone is 8. The van der Waals surface area contributed by atoms with E-state index in [1.807, 2.05) is 25.3 Å². The number of nitrogens with one attached hydrogen (secondary N) is 1. The van der Waals surface area contributed by atoms with Crippen molar-refractivity contribution in [2.75, 3.05) is 31.7 Å². The molecule has 0 aromatic heterocycles. The van der Waals surface area contributed by atoms with Gasteiger partial charge in [-0.05, 0) is 77.8 Å². The van der Waals surface area contributed by atoms with Crippen LogP contribution in [0.2, 0.25) is 0 Å². The number of para-hydroxylation sites is 1. The van der Waals surface area contributed by atoms with Gasteiger partial charge >= 0.3 is 0 Å². The molecule has 0 spiro atoms. The number of hydrogen-bond donors (Lipinski definition) is 4. The highest BCUT2D eigenvalue weighted by Gasteiger charge is 2.40. The molecule has 2 aliphatic rings. The average molecular weight is 796 g/mol. The Balaban J connectivity index is 1.33. The third-order valence-electron chi connectivity index (χ3n) is 9.87. The van der Waals surface area contributed by atoms with E-state index in [1.165, 1.54) is 31.6 Å². The Bertz CT molecular complexity index is 1630. The molecule has 2 aromatic carbocycles. The Labute approximate surface area is 311 Å². The van der Waals surface area contributed by atoms with Crippen molar-refractivity contribution in [2.45, 2.75) is 95.5 Å². The molecule has 0 unspecified atom stereocenters. The number of nitrogens with zero attached hydrogens (tertiary/aromatic N) is 2. The van der Waals surface area contributed by atoms with Gasteiger partial charge in [0.05, 0.1) is 19.3 Å². The first-order chi connectivity index (χ1) is 23.8. The van der Waals surface area contributed by atoms with E-state index in [9.17, 15) is 20.1 Å². The topological polar surface area (TPSA) is 115 Å². The van der Waals surface area contributed by atoms with Crippen LogP contribution in [0, 0.1) is 10.5 Å². The Morgan fingerprint density at radius 1 is 1.06 bits per heavy atom. The summed E-state index contributed by atoms with van der Waals surface area (Å²) in [6, 6.07) is 14.4. The lowest BCUT2D eigenvalue weighted by Crippen LogP contribution is -2.59. The number of benzene rings is 2. The fourth-order valence-corrected chi connectivity index (χ4v) is 7.88. The number of unbranched alkanes of at least 4 members (excludes halogenated alkanes) is 2. The van der Waals surface area contributed by atoms with E-state index in [1.54, 1.807) is 0 Å². The monoisotopic (exact) mass is 795 g/mol. The van der Waals surface area contributed by atoms with Gasteiger partial charge in [0.15, 0.2) is 0 Å². The molecule has 1 fully saturated rings. The van der Waals surface area contributed by atoms with E-state index >= 15 is 0 Å². The first-order valence-electron chi connectivity index (χ1n) is 17.5. The number of ether oxygens (including phenoxy) is 1. The van der Waals surface area contributed by atoms with Gasteiger partial charge < -0.3 is 30.3 Å². The lowest BCUT2D eigenvalue weighted by Gasteiger charge is -2.37. The maximum absolute atomic E-state index is 12.6. The molecule has 2 aliphatic heterocycles. The van der Waals surface area contributed by atoms with Crippen LogP contribution in [-0.2, 0) is 20.4 Å². The fourth-order valence-electron chi connectivity index (χ4n) is 6.87. The summed E-state index contributed by atoms with van der Waals surface area (Å²) in [5.74, 6) is -0.184. The number of aliphatic hydroxyl groups excluding tert-OH is 3. The molecular weight excluding hydrogens is 741 g/mol. The van der Waals surface area contributed by atoms with Crippen LogP contribution in [0.1, 0.15) is 70.1 Å². The Hall–Kier alpha value is -3.09. The zero-order chi connectivity index (χ0) is 36.5. The van der Waals surface area contributed by atoms with E-state index in [2.05, 4.69) is 139 Å². The second kappa shape index (κ2) is 17.9. The summed E-state index contributed by atoms with van der Waals surface area (Å²) in [6.45, 7) is 11.6. The normalized spacial score (nSPS) is 23.4. The van der Waals surface area contributed by atoms with Crippen molar-refractivity contribution in [2.24, 2.45) is 4.99 Å². The van der Waals surface area contributed by atoms with Crippen molar-refractivity contribution in [3.05, 3.63) is 111 Å². The number of amides is 1. The molecule has 4 rings (SSSR count). The van der Waals surface area contributed by atoms with Crippen molar-refractivity contribution in [3.8, 4) is 0 Å². The van der Waals surface area contributed by atoms with Crippen LogP contribution in [0.4, 0.5) is 5.69 Å². The standard InChI is InChI=1S/C41H54IN3O5/c1-28-22-23-31(42)30(25-28)40(2,3)35(43-6)19-11-8-7-9-12-20-36-41(4,5)29-17-14-15-18-33(29)45(36)24-16-10-13-21-37(47)44-32-27-50-34(26-46)39(49)38(32)48/h7-9,11-12,14-15,17-20,22-23,25,32,34,38-39,46,48-49H,10,13,16,21,24,26-27H2,1-6H3,(H,44,47)/b8-7+,12-9+,19-11+,36-20+,43-35+/t32-,34+,38+,39+/m0/s1. The number of aliphatic hydroxyl groups is 3. The van der Waals surface area contributed by atoms with Crippen molar-refractivity contribution in [1.82, 2.24) is 5.32 Å². The molecule has 1 amide bonds. The van der Waals surface area contributed by atoms with Crippen LogP contribution in [-0.4, -0.2) is 78.1 Å². The molecule has 2 heterocycles. The van der Waals surface area contributed by atoms with Crippen LogP contribution in [0.3, 0.4) is 0 Å². The summed E-state index contributed by atoms with van der Waals surface area (Å²) in [5.41, 5.74) is 6.92. The summed E-state index contributed by atoms with van der Waals surface area (Å²) in [4.78, 5) is 19.6. The largest absolute Gasteiger partial charge is 0.394 e. The first-order valence-corrected chi connectivity index (χ1v) is 18.6. The number of hydrogen-bond acceptors (Lipinski definition) is 7. The van der Waals surface area contributed by atoms with Gasteiger partial charge in [0.2, 0.25) is 5.91 Å². The number of rotatable bonds is 14. The second-order valence-electron chi connectivity index (χ2n) is 14.2. The summed E-state index contributed by atoms with van der Waals surface area (Å²) < 4.78 is 6.61. The van der Waals surface area contributed by atoms with E-state index in [-0.39, 0.29) is 30.0 Å².